The summed E-state index contributed by atoms with van der Waals surface area (Å²) >= 11 is 0. The quantitative estimate of drug-likeness (QED) is 0.684. The zero-order valence-corrected chi connectivity index (χ0v) is 9.66. The number of hydrogen-bond acceptors (Lipinski definition) is 4. The Hall–Kier alpha value is -1.30. The van der Waals surface area contributed by atoms with E-state index in [0.29, 0.717) is 5.69 Å². The highest BCUT2D eigenvalue weighted by atomic mass is 35.5. The van der Waals surface area contributed by atoms with Gasteiger partial charge in [0.1, 0.15) is 11.9 Å². The molecule has 4 N–H and O–H groups in total. The second-order valence-corrected chi connectivity index (χ2v) is 3.00. The SMILES string of the molecule is COC(CN)C(=O)Nc1ccc(O)cc1.Cl. The molecular weight excluding hydrogens is 232 g/mol. The lowest BCUT2D eigenvalue weighted by Gasteiger charge is -2.12. The van der Waals surface area contributed by atoms with Gasteiger partial charge in [-0.3, -0.25) is 4.79 Å². The molecule has 0 radical (unpaired) electrons. The van der Waals surface area contributed by atoms with E-state index in [1.54, 1.807) is 12.1 Å². The van der Waals surface area contributed by atoms with Gasteiger partial charge in [-0.05, 0) is 24.3 Å². The summed E-state index contributed by atoms with van der Waals surface area (Å²) in [6, 6.07) is 6.16. The molecule has 1 rings (SSSR count). The zero-order valence-electron chi connectivity index (χ0n) is 8.84. The van der Waals surface area contributed by atoms with Crippen LogP contribution in [0.5, 0.6) is 5.75 Å². The Bertz CT molecular complexity index is 325. The van der Waals surface area contributed by atoms with Gasteiger partial charge in [-0.15, -0.1) is 12.4 Å². The van der Waals surface area contributed by atoms with Crippen molar-refractivity contribution in [3.05, 3.63) is 24.3 Å². The first-order valence-electron chi connectivity index (χ1n) is 4.50. The van der Waals surface area contributed by atoms with Crippen molar-refractivity contribution < 1.29 is 14.6 Å². The van der Waals surface area contributed by atoms with Crippen molar-refractivity contribution in [3.63, 3.8) is 0 Å². The number of rotatable bonds is 4. The number of carbonyl (C=O) groups excluding carboxylic acids is 1. The molecule has 6 heteroatoms. The monoisotopic (exact) mass is 246 g/mol. The number of phenolic OH excluding ortho intramolecular Hbond substituents is 1. The van der Waals surface area contributed by atoms with Crippen LogP contribution < -0.4 is 11.1 Å². The first-order chi connectivity index (χ1) is 7.17. The van der Waals surface area contributed by atoms with E-state index in [0.717, 1.165) is 0 Å². The standard InChI is InChI=1S/C10H14N2O3.ClH/c1-15-9(6-11)10(14)12-7-2-4-8(13)5-3-7;/h2-5,9,13H,6,11H2,1H3,(H,12,14);1H. The second kappa shape index (κ2) is 7.05. The summed E-state index contributed by atoms with van der Waals surface area (Å²) in [5.74, 6) is -0.152. The van der Waals surface area contributed by atoms with E-state index in [-0.39, 0.29) is 30.6 Å². The lowest BCUT2D eigenvalue weighted by molar-refractivity contribution is -0.125. The van der Waals surface area contributed by atoms with Crippen LogP contribution in [-0.4, -0.2) is 30.8 Å². The van der Waals surface area contributed by atoms with Crippen molar-refractivity contribution in [2.24, 2.45) is 5.73 Å². The minimum Gasteiger partial charge on any atom is -0.508 e. The highest BCUT2D eigenvalue weighted by Gasteiger charge is 2.15. The van der Waals surface area contributed by atoms with E-state index >= 15 is 0 Å². The van der Waals surface area contributed by atoms with Crippen LogP contribution in [0.2, 0.25) is 0 Å². The highest BCUT2D eigenvalue weighted by Crippen LogP contribution is 2.13. The lowest BCUT2D eigenvalue weighted by Crippen LogP contribution is -2.35. The molecule has 0 aliphatic rings. The molecule has 0 aromatic heterocycles. The Kier molecular flexibility index (Phi) is 6.48. The number of ether oxygens (including phenoxy) is 1. The minimum absolute atomic E-state index is 0. The predicted octanol–water partition coefficient (Wildman–Crippen LogP) is 0.726. The van der Waals surface area contributed by atoms with E-state index < -0.39 is 6.10 Å². The van der Waals surface area contributed by atoms with Crippen LogP contribution in [0.1, 0.15) is 0 Å². The van der Waals surface area contributed by atoms with Crippen LogP contribution in [-0.2, 0) is 9.53 Å². The lowest BCUT2D eigenvalue weighted by atomic mass is 10.2. The number of benzene rings is 1. The maximum atomic E-state index is 11.5. The van der Waals surface area contributed by atoms with E-state index in [4.69, 9.17) is 15.6 Å². The fourth-order valence-electron chi connectivity index (χ4n) is 1.08. The summed E-state index contributed by atoms with van der Waals surface area (Å²) < 4.78 is 4.87. The van der Waals surface area contributed by atoms with Gasteiger partial charge < -0.3 is 20.9 Å². The number of carbonyl (C=O) groups is 1. The van der Waals surface area contributed by atoms with Gasteiger partial charge in [0, 0.05) is 19.3 Å². The fourth-order valence-corrected chi connectivity index (χ4v) is 1.08. The van der Waals surface area contributed by atoms with Crippen LogP contribution in [0.4, 0.5) is 5.69 Å². The molecular formula is C10H15ClN2O3. The van der Waals surface area contributed by atoms with E-state index in [1.165, 1.54) is 19.2 Å². The van der Waals surface area contributed by atoms with Crippen molar-refractivity contribution in [2.45, 2.75) is 6.10 Å². The molecule has 0 aliphatic carbocycles. The number of methoxy groups -OCH3 is 1. The predicted molar refractivity (Wildman–Crippen MR) is 63.8 cm³/mol. The van der Waals surface area contributed by atoms with Crippen LogP contribution in [0.25, 0.3) is 0 Å². The molecule has 1 amide bonds. The van der Waals surface area contributed by atoms with E-state index in [1.807, 2.05) is 0 Å². The fraction of sp³-hybridized carbons (Fsp3) is 0.300. The summed E-state index contributed by atoms with van der Waals surface area (Å²) in [4.78, 5) is 11.5. The van der Waals surface area contributed by atoms with Crippen molar-refractivity contribution in [1.82, 2.24) is 0 Å². The van der Waals surface area contributed by atoms with Crippen LogP contribution >= 0.6 is 12.4 Å². The van der Waals surface area contributed by atoms with Crippen molar-refractivity contribution in [1.29, 1.82) is 0 Å². The first kappa shape index (κ1) is 14.7. The van der Waals surface area contributed by atoms with Crippen molar-refractivity contribution in [3.8, 4) is 5.75 Å². The minimum atomic E-state index is -0.654. The molecule has 90 valence electrons. The second-order valence-electron chi connectivity index (χ2n) is 3.00. The van der Waals surface area contributed by atoms with Crippen molar-refractivity contribution in [2.75, 3.05) is 19.0 Å². The maximum Gasteiger partial charge on any atom is 0.254 e. The number of aromatic hydroxyl groups is 1. The third-order valence-corrected chi connectivity index (χ3v) is 1.93. The average molecular weight is 247 g/mol. The maximum absolute atomic E-state index is 11.5. The van der Waals surface area contributed by atoms with Gasteiger partial charge in [-0.2, -0.15) is 0 Å². The number of halogens is 1. The van der Waals surface area contributed by atoms with Gasteiger partial charge >= 0.3 is 0 Å². The molecule has 1 atom stereocenters. The summed E-state index contributed by atoms with van der Waals surface area (Å²) in [7, 11) is 1.42. The van der Waals surface area contributed by atoms with Gasteiger partial charge in [-0.1, -0.05) is 0 Å². The van der Waals surface area contributed by atoms with Gasteiger partial charge in [0.2, 0.25) is 0 Å². The average Bonchev–Trinajstić information content (AvgIpc) is 2.23. The number of nitrogens with two attached hydrogens (primary N) is 1. The molecule has 0 saturated heterocycles. The van der Waals surface area contributed by atoms with Gasteiger partial charge in [0.25, 0.3) is 5.91 Å². The Morgan fingerprint density at radius 1 is 1.50 bits per heavy atom. The number of amides is 1. The Morgan fingerprint density at radius 2 is 2.06 bits per heavy atom. The molecule has 0 heterocycles. The summed E-state index contributed by atoms with van der Waals surface area (Å²) in [5, 5.41) is 11.7. The van der Waals surface area contributed by atoms with Crippen LogP contribution in [0.15, 0.2) is 24.3 Å². The summed E-state index contributed by atoms with van der Waals surface area (Å²) in [5.41, 5.74) is 5.93. The van der Waals surface area contributed by atoms with E-state index in [2.05, 4.69) is 5.32 Å². The topological polar surface area (TPSA) is 84.6 Å². The Morgan fingerprint density at radius 3 is 2.50 bits per heavy atom. The van der Waals surface area contributed by atoms with Crippen LogP contribution in [0.3, 0.4) is 0 Å². The Labute approximate surface area is 100 Å². The van der Waals surface area contributed by atoms with Gasteiger partial charge in [0.15, 0.2) is 0 Å². The third kappa shape index (κ3) is 4.06. The largest absolute Gasteiger partial charge is 0.508 e. The molecule has 16 heavy (non-hydrogen) atoms. The summed E-state index contributed by atoms with van der Waals surface area (Å²) in [6.07, 6.45) is -0.654. The van der Waals surface area contributed by atoms with Gasteiger partial charge in [-0.25, -0.2) is 0 Å². The number of nitrogens with one attached hydrogen (secondary N) is 1. The molecule has 1 unspecified atom stereocenters. The van der Waals surface area contributed by atoms with Crippen molar-refractivity contribution >= 4 is 24.0 Å². The third-order valence-electron chi connectivity index (χ3n) is 1.93. The molecule has 0 spiro atoms. The molecule has 1 aromatic carbocycles. The zero-order chi connectivity index (χ0) is 11.3. The summed E-state index contributed by atoms with van der Waals surface area (Å²) in [6.45, 7) is 0.125. The molecule has 0 bridgehead atoms. The number of hydrogen-bond donors (Lipinski definition) is 3. The van der Waals surface area contributed by atoms with Gasteiger partial charge in [0.05, 0.1) is 0 Å². The molecule has 0 saturated carbocycles. The number of phenols is 1. The molecule has 5 nitrogen and oxygen atoms in total. The van der Waals surface area contributed by atoms with Crippen LogP contribution in [0, 0.1) is 0 Å². The highest BCUT2D eigenvalue weighted by molar-refractivity contribution is 5.94. The van der Waals surface area contributed by atoms with E-state index in [9.17, 15) is 4.79 Å². The Balaban J connectivity index is 0.00000225. The molecule has 0 fully saturated rings. The molecule has 0 aliphatic heterocycles. The smallest absolute Gasteiger partial charge is 0.254 e. The molecule has 1 aromatic rings. The number of anilines is 1. The normalized spacial score (nSPS) is 11.4. The first-order valence-corrected chi connectivity index (χ1v) is 4.50.